The van der Waals surface area contributed by atoms with Gasteiger partial charge < -0.3 is 14.7 Å². The molecule has 1 N–H and O–H groups in total. The summed E-state index contributed by atoms with van der Waals surface area (Å²) in [5.41, 5.74) is 0.100. The highest BCUT2D eigenvalue weighted by atomic mass is 16.5. The third kappa shape index (κ3) is 2.93. The van der Waals surface area contributed by atoms with Gasteiger partial charge in [-0.15, -0.1) is 0 Å². The van der Waals surface area contributed by atoms with Gasteiger partial charge in [0, 0.05) is 25.2 Å². The van der Waals surface area contributed by atoms with Gasteiger partial charge in [-0.05, 0) is 26.4 Å². The minimum Gasteiger partial charge on any atom is -0.396 e. The summed E-state index contributed by atoms with van der Waals surface area (Å²) in [7, 11) is 2.10. The Hall–Kier alpha value is -0.120. The van der Waals surface area contributed by atoms with Crippen LogP contribution in [0.1, 0.15) is 19.8 Å². The minimum atomic E-state index is 0.100. The fourth-order valence-electron chi connectivity index (χ4n) is 1.86. The lowest BCUT2D eigenvalue weighted by molar-refractivity contribution is -0.0302. The van der Waals surface area contributed by atoms with Crippen molar-refractivity contribution >= 4 is 0 Å². The van der Waals surface area contributed by atoms with Crippen molar-refractivity contribution < 1.29 is 9.84 Å². The molecule has 0 aromatic rings. The Labute approximate surface area is 80.7 Å². The molecule has 1 rings (SSSR count). The Morgan fingerprint density at radius 2 is 2.00 bits per heavy atom. The Kier molecular flexibility index (Phi) is 4.16. The van der Waals surface area contributed by atoms with Crippen molar-refractivity contribution in [3.8, 4) is 0 Å². The van der Waals surface area contributed by atoms with Crippen molar-refractivity contribution in [2.45, 2.75) is 19.8 Å². The molecule has 1 heterocycles. The molecule has 0 unspecified atom stereocenters. The molecule has 1 aliphatic heterocycles. The summed E-state index contributed by atoms with van der Waals surface area (Å²) in [6, 6.07) is 0. The molecule has 13 heavy (non-hydrogen) atoms. The number of rotatable bonds is 4. The molecule has 0 spiro atoms. The highest BCUT2D eigenvalue weighted by Crippen LogP contribution is 2.30. The third-order valence-electron chi connectivity index (χ3n) is 3.03. The second-order valence-corrected chi connectivity index (χ2v) is 4.10. The number of ether oxygens (including phenoxy) is 1. The van der Waals surface area contributed by atoms with Gasteiger partial charge in [0.15, 0.2) is 0 Å². The maximum absolute atomic E-state index is 9.40. The first kappa shape index (κ1) is 11.0. The first-order chi connectivity index (χ1) is 6.22. The van der Waals surface area contributed by atoms with E-state index in [9.17, 15) is 5.11 Å². The zero-order chi connectivity index (χ0) is 9.73. The number of hydrogen-bond acceptors (Lipinski definition) is 3. The van der Waals surface area contributed by atoms with E-state index in [0.717, 1.165) is 39.1 Å². The summed E-state index contributed by atoms with van der Waals surface area (Å²) in [4.78, 5) is 2.27. The SMILES string of the molecule is CCN(C)CC1(CO)CCOCC1. The van der Waals surface area contributed by atoms with Gasteiger partial charge in [0.2, 0.25) is 0 Å². The predicted octanol–water partition coefficient (Wildman–Crippen LogP) is 0.727. The topological polar surface area (TPSA) is 32.7 Å². The number of aliphatic hydroxyl groups excluding tert-OH is 1. The number of hydrogen-bond donors (Lipinski definition) is 1. The van der Waals surface area contributed by atoms with Crippen LogP contribution in [0.5, 0.6) is 0 Å². The smallest absolute Gasteiger partial charge is 0.0501 e. The zero-order valence-electron chi connectivity index (χ0n) is 8.75. The minimum absolute atomic E-state index is 0.100. The van der Waals surface area contributed by atoms with Gasteiger partial charge in [-0.25, -0.2) is 0 Å². The van der Waals surface area contributed by atoms with E-state index < -0.39 is 0 Å². The molecule has 0 saturated carbocycles. The van der Waals surface area contributed by atoms with Crippen LogP contribution in [0.15, 0.2) is 0 Å². The van der Waals surface area contributed by atoms with Crippen LogP contribution >= 0.6 is 0 Å². The zero-order valence-corrected chi connectivity index (χ0v) is 8.75. The standard InChI is InChI=1S/C10H21NO2/c1-3-11(2)8-10(9-12)4-6-13-7-5-10/h12H,3-9H2,1-2H3. The van der Waals surface area contributed by atoms with E-state index in [1.54, 1.807) is 0 Å². The second kappa shape index (κ2) is 4.94. The summed E-state index contributed by atoms with van der Waals surface area (Å²) in [5, 5.41) is 9.40. The van der Waals surface area contributed by atoms with Crippen LogP contribution in [-0.2, 0) is 4.74 Å². The quantitative estimate of drug-likeness (QED) is 0.704. The third-order valence-corrected chi connectivity index (χ3v) is 3.03. The second-order valence-electron chi connectivity index (χ2n) is 4.10. The maximum Gasteiger partial charge on any atom is 0.0501 e. The molecule has 0 aromatic heterocycles. The van der Waals surface area contributed by atoms with Gasteiger partial charge in [0.25, 0.3) is 0 Å². The normalized spacial score (nSPS) is 22.2. The average Bonchev–Trinajstić information content (AvgIpc) is 2.19. The van der Waals surface area contributed by atoms with Crippen molar-refractivity contribution in [1.82, 2.24) is 4.90 Å². The van der Waals surface area contributed by atoms with Crippen molar-refractivity contribution in [2.75, 3.05) is 40.0 Å². The van der Waals surface area contributed by atoms with Crippen LogP contribution in [0.4, 0.5) is 0 Å². The molecule has 3 nitrogen and oxygen atoms in total. The van der Waals surface area contributed by atoms with E-state index in [1.165, 1.54) is 0 Å². The lowest BCUT2D eigenvalue weighted by atomic mass is 9.80. The molecule has 0 aromatic carbocycles. The highest BCUT2D eigenvalue weighted by Gasteiger charge is 2.32. The average molecular weight is 187 g/mol. The van der Waals surface area contributed by atoms with Gasteiger partial charge in [-0.2, -0.15) is 0 Å². The highest BCUT2D eigenvalue weighted by molar-refractivity contribution is 4.83. The maximum atomic E-state index is 9.40. The summed E-state index contributed by atoms with van der Waals surface area (Å²) < 4.78 is 5.31. The fourth-order valence-corrected chi connectivity index (χ4v) is 1.86. The van der Waals surface area contributed by atoms with E-state index >= 15 is 0 Å². The van der Waals surface area contributed by atoms with Crippen LogP contribution in [0, 0.1) is 5.41 Å². The molecular weight excluding hydrogens is 166 g/mol. The van der Waals surface area contributed by atoms with E-state index in [2.05, 4.69) is 18.9 Å². The van der Waals surface area contributed by atoms with Crippen LogP contribution in [0.2, 0.25) is 0 Å². The summed E-state index contributed by atoms with van der Waals surface area (Å²) in [5.74, 6) is 0. The van der Waals surface area contributed by atoms with Gasteiger partial charge in [0.05, 0.1) is 6.61 Å². The van der Waals surface area contributed by atoms with Crippen molar-refractivity contribution in [2.24, 2.45) is 5.41 Å². The fraction of sp³-hybridized carbons (Fsp3) is 1.00. The number of nitrogens with zero attached hydrogens (tertiary/aromatic N) is 1. The summed E-state index contributed by atoms with van der Waals surface area (Å²) in [6.07, 6.45) is 1.99. The van der Waals surface area contributed by atoms with E-state index in [1.807, 2.05) is 0 Å². The molecular formula is C10H21NO2. The van der Waals surface area contributed by atoms with Crippen molar-refractivity contribution in [1.29, 1.82) is 0 Å². The molecule has 3 heteroatoms. The van der Waals surface area contributed by atoms with Crippen molar-refractivity contribution in [3.05, 3.63) is 0 Å². The van der Waals surface area contributed by atoms with E-state index in [-0.39, 0.29) is 5.41 Å². The lowest BCUT2D eigenvalue weighted by Crippen LogP contribution is -2.42. The Balaban J connectivity index is 2.47. The monoisotopic (exact) mass is 187 g/mol. The molecule has 0 amide bonds. The van der Waals surface area contributed by atoms with Crippen LogP contribution < -0.4 is 0 Å². The Morgan fingerprint density at radius 3 is 2.46 bits per heavy atom. The van der Waals surface area contributed by atoms with Gasteiger partial charge in [0.1, 0.15) is 0 Å². The molecule has 1 fully saturated rings. The lowest BCUT2D eigenvalue weighted by Gasteiger charge is -2.38. The largest absolute Gasteiger partial charge is 0.396 e. The molecule has 78 valence electrons. The van der Waals surface area contributed by atoms with Gasteiger partial charge in [-0.1, -0.05) is 6.92 Å². The molecule has 0 aliphatic carbocycles. The molecule has 0 radical (unpaired) electrons. The van der Waals surface area contributed by atoms with E-state index in [4.69, 9.17) is 4.74 Å². The summed E-state index contributed by atoms with van der Waals surface area (Å²) >= 11 is 0. The first-order valence-corrected chi connectivity index (χ1v) is 5.09. The molecule has 1 aliphatic rings. The molecule has 1 saturated heterocycles. The van der Waals surface area contributed by atoms with Crippen LogP contribution in [0.3, 0.4) is 0 Å². The first-order valence-electron chi connectivity index (χ1n) is 5.09. The summed E-state index contributed by atoms with van der Waals surface area (Å²) in [6.45, 7) is 6.08. The Bertz CT molecular complexity index is 144. The van der Waals surface area contributed by atoms with Crippen LogP contribution in [0.25, 0.3) is 0 Å². The van der Waals surface area contributed by atoms with E-state index in [0.29, 0.717) is 6.61 Å². The van der Waals surface area contributed by atoms with Crippen molar-refractivity contribution in [3.63, 3.8) is 0 Å². The Morgan fingerprint density at radius 1 is 1.38 bits per heavy atom. The molecule has 0 bridgehead atoms. The van der Waals surface area contributed by atoms with Crippen LogP contribution in [-0.4, -0.2) is 50.0 Å². The van der Waals surface area contributed by atoms with Gasteiger partial charge >= 0.3 is 0 Å². The molecule has 0 atom stereocenters. The van der Waals surface area contributed by atoms with Gasteiger partial charge in [-0.3, -0.25) is 0 Å². The number of aliphatic hydroxyl groups is 1. The predicted molar refractivity (Wildman–Crippen MR) is 52.7 cm³/mol.